The van der Waals surface area contributed by atoms with Gasteiger partial charge in [-0.25, -0.2) is 13.1 Å². The Kier molecular flexibility index (Phi) is 5.75. The van der Waals surface area contributed by atoms with Gasteiger partial charge >= 0.3 is 0 Å². The SMILES string of the molecule is CC(C)(C)n1ncc(C(=O)c2ccc(S(C)(=O)=O)c(-c3ccc(Cl)cc3)c2Cl)c1O. The van der Waals surface area contributed by atoms with Crippen LogP contribution in [0, 0.1) is 0 Å². The highest BCUT2D eigenvalue weighted by molar-refractivity contribution is 7.90. The molecule has 30 heavy (non-hydrogen) atoms. The molecule has 3 rings (SSSR count). The summed E-state index contributed by atoms with van der Waals surface area (Å²) in [4.78, 5) is 13.1. The van der Waals surface area contributed by atoms with Crippen LogP contribution in [0.1, 0.15) is 36.7 Å². The molecule has 0 spiro atoms. The van der Waals surface area contributed by atoms with Crippen molar-refractivity contribution in [2.75, 3.05) is 6.26 Å². The number of rotatable bonds is 4. The maximum absolute atomic E-state index is 13.2. The summed E-state index contributed by atoms with van der Waals surface area (Å²) in [7, 11) is -3.64. The van der Waals surface area contributed by atoms with Crippen molar-refractivity contribution in [2.45, 2.75) is 31.2 Å². The van der Waals surface area contributed by atoms with Crippen LogP contribution >= 0.6 is 23.2 Å². The molecule has 0 bridgehead atoms. The quantitative estimate of drug-likeness (QED) is 0.549. The molecule has 3 aromatic rings. The molecular weight excluding hydrogens is 447 g/mol. The molecular formula is C21H20Cl2N2O4S. The fourth-order valence-electron chi connectivity index (χ4n) is 3.07. The molecule has 0 unspecified atom stereocenters. The van der Waals surface area contributed by atoms with E-state index in [1.165, 1.54) is 23.0 Å². The first-order chi connectivity index (χ1) is 13.8. The zero-order valence-electron chi connectivity index (χ0n) is 16.8. The lowest BCUT2D eigenvalue weighted by Gasteiger charge is -2.20. The third-order valence-electron chi connectivity index (χ3n) is 4.50. The normalized spacial score (nSPS) is 12.2. The van der Waals surface area contributed by atoms with Gasteiger partial charge in [-0.05, 0) is 50.6 Å². The van der Waals surface area contributed by atoms with Gasteiger partial charge in [-0.3, -0.25) is 4.79 Å². The summed E-state index contributed by atoms with van der Waals surface area (Å²) in [5.74, 6) is -0.855. The topological polar surface area (TPSA) is 89.3 Å². The monoisotopic (exact) mass is 466 g/mol. The molecule has 0 aliphatic carbocycles. The summed E-state index contributed by atoms with van der Waals surface area (Å²) >= 11 is 12.5. The van der Waals surface area contributed by atoms with E-state index in [0.717, 1.165) is 6.26 Å². The van der Waals surface area contributed by atoms with Crippen molar-refractivity contribution in [3.05, 3.63) is 63.8 Å². The Morgan fingerprint density at radius 1 is 1.03 bits per heavy atom. The molecule has 2 aromatic carbocycles. The second-order valence-corrected chi connectivity index (χ2v) is 10.7. The lowest BCUT2D eigenvalue weighted by Crippen LogP contribution is -2.22. The third-order valence-corrected chi connectivity index (χ3v) is 6.29. The summed E-state index contributed by atoms with van der Waals surface area (Å²) in [6.45, 7) is 5.50. The fraction of sp³-hybridized carbons (Fsp3) is 0.238. The Morgan fingerprint density at radius 2 is 1.63 bits per heavy atom. The van der Waals surface area contributed by atoms with E-state index in [4.69, 9.17) is 23.2 Å². The Hall–Kier alpha value is -2.35. The number of halogens is 2. The average Bonchev–Trinajstić information content (AvgIpc) is 3.03. The third kappa shape index (κ3) is 4.10. The Balaban J connectivity index is 2.23. The minimum atomic E-state index is -3.64. The molecule has 1 aromatic heterocycles. The molecule has 0 fully saturated rings. The number of carbonyl (C=O) groups is 1. The van der Waals surface area contributed by atoms with Crippen LogP contribution < -0.4 is 0 Å². The van der Waals surface area contributed by atoms with Gasteiger partial charge in [0.1, 0.15) is 5.56 Å². The van der Waals surface area contributed by atoms with E-state index in [1.54, 1.807) is 24.3 Å². The van der Waals surface area contributed by atoms with Crippen LogP contribution in [0.5, 0.6) is 5.88 Å². The highest BCUT2D eigenvalue weighted by Crippen LogP contribution is 2.38. The standard InChI is InChI=1S/C21H20Cl2N2O4S/c1-21(2,3)25-20(27)15(11-24-25)19(26)14-9-10-16(30(4,28)29)17(18(14)23)12-5-7-13(22)8-6-12/h5-11,27H,1-4H3. The first kappa shape index (κ1) is 22.3. The van der Waals surface area contributed by atoms with E-state index < -0.39 is 21.2 Å². The van der Waals surface area contributed by atoms with Crippen LogP contribution in [0.3, 0.4) is 0 Å². The minimum absolute atomic E-state index is 0.0130. The molecule has 0 saturated carbocycles. The lowest BCUT2D eigenvalue weighted by molar-refractivity contribution is 0.103. The molecule has 158 valence electrons. The number of sulfone groups is 1. The molecule has 1 heterocycles. The summed E-state index contributed by atoms with van der Waals surface area (Å²) in [5, 5.41) is 15.1. The molecule has 0 aliphatic heterocycles. The number of aromatic hydroxyl groups is 1. The predicted octanol–water partition coefficient (Wildman–Crippen LogP) is 4.95. The van der Waals surface area contributed by atoms with Crippen LogP contribution in [0.2, 0.25) is 10.0 Å². The van der Waals surface area contributed by atoms with Gasteiger partial charge in [-0.2, -0.15) is 5.10 Å². The zero-order valence-corrected chi connectivity index (χ0v) is 19.1. The molecule has 6 nitrogen and oxygen atoms in total. The smallest absolute Gasteiger partial charge is 0.221 e. The van der Waals surface area contributed by atoms with Crippen molar-refractivity contribution in [2.24, 2.45) is 0 Å². The van der Waals surface area contributed by atoms with Crippen molar-refractivity contribution in [1.29, 1.82) is 0 Å². The van der Waals surface area contributed by atoms with Gasteiger partial charge in [0, 0.05) is 22.4 Å². The number of nitrogens with zero attached hydrogens (tertiary/aromatic N) is 2. The highest BCUT2D eigenvalue weighted by atomic mass is 35.5. The molecule has 1 N–H and O–H groups in total. The second-order valence-electron chi connectivity index (χ2n) is 7.87. The minimum Gasteiger partial charge on any atom is -0.493 e. The van der Waals surface area contributed by atoms with Crippen molar-refractivity contribution in [3.8, 4) is 17.0 Å². The largest absolute Gasteiger partial charge is 0.493 e. The first-order valence-electron chi connectivity index (χ1n) is 8.93. The van der Waals surface area contributed by atoms with Crippen molar-refractivity contribution in [3.63, 3.8) is 0 Å². The van der Waals surface area contributed by atoms with Crippen LogP contribution in [0.15, 0.2) is 47.5 Å². The van der Waals surface area contributed by atoms with Gasteiger partial charge in [-0.15, -0.1) is 0 Å². The summed E-state index contributed by atoms with van der Waals surface area (Å²) < 4.78 is 26.0. The van der Waals surface area contributed by atoms with E-state index in [1.807, 2.05) is 20.8 Å². The number of hydrogen-bond donors (Lipinski definition) is 1. The predicted molar refractivity (Wildman–Crippen MR) is 117 cm³/mol. The average molecular weight is 467 g/mol. The maximum atomic E-state index is 13.2. The molecule has 0 radical (unpaired) electrons. The summed E-state index contributed by atoms with van der Waals surface area (Å²) in [6, 6.07) is 9.14. The van der Waals surface area contributed by atoms with Gasteiger partial charge < -0.3 is 5.11 Å². The van der Waals surface area contributed by atoms with Crippen molar-refractivity contribution in [1.82, 2.24) is 9.78 Å². The molecule has 9 heteroatoms. The first-order valence-corrected chi connectivity index (χ1v) is 11.6. The van der Waals surface area contributed by atoms with Gasteiger partial charge in [0.25, 0.3) is 0 Å². The van der Waals surface area contributed by atoms with Crippen molar-refractivity contribution < 1.29 is 18.3 Å². The van der Waals surface area contributed by atoms with Gasteiger partial charge in [-0.1, -0.05) is 35.3 Å². The Morgan fingerprint density at radius 3 is 2.13 bits per heavy atom. The van der Waals surface area contributed by atoms with Gasteiger partial charge in [0.2, 0.25) is 11.7 Å². The number of ketones is 1. The lowest BCUT2D eigenvalue weighted by atomic mass is 9.98. The fourth-order valence-corrected chi connectivity index (χ4v) is 4.51. The van der Waals surface area contributed by atoms with Gasteiger partial charge in [0.05, 0.1) is 21.7 Å². The van der Waals surface area contributed by atoms with Crippen LogP contribution in [0.4, 0.5) is 0 Å². The number of benzene rings is 2. The van der Waals surface area contributed by atoms with Gasteiger partial charge in [0.15, 0.2) is 9.84 Å². The van der Waals surface area contributed by atoms with Crippen LogP contribution in [-0.2, 0) is 15.4 Å². The van der Waals surface area contributed by atoms with E-state index >= 15 is 0 Å². The summed E-state index contributed by atoms with van der Waals surface area (Å²) in [6.07, 6.45) is 2.34. The maximum Gasteiger partial charge on any atom is 0.221 e. The van der Waals surface area contributed by atoms with E-state index in [2.05, 4.69) is 5.10 Å². The zero-order chi connectivity index (χ0) is 22.4. The Labute approximate surface area is 185 Å². The van der Waals surface area contributed by atoms with E-state index in [0.29, 0.717) is 10.6 Å². The molecule has 0 atom stereocenters. The van der Waals surface area contributed by atoms with E-state index in [-0.39, 0.29) is 32.5 Å². The number of aromatic nitrogens is 2. The highest BCUT2D eigenvalue weighted by Gasteiger charge is 2.28. The molecule has 0 amide bonds. The molecule has 0 saturated heterocycles. The van der Waals surface area contributed by atoms with Crippen LogP contribution in [-0.4, -0.2) is 35.3 Å². The van der Waals surface area contributed by atoms with Crippen LogP contribution in [0.25, 0.3) is 11.1 Å². The summed E-state index contributed by atoms with van der Waals surface area (Å²) in [5.41, 5.74) is 0.179. The number of carbonyl (C=O) groups excluding carboxylic acids is 1. The molecule has 0 aliphatic rings. The van der Waals surface area contributed by atoms with E-state index in [9.17, 15) is 18.3 Å². The Bertz CT molecular complexity index is 1240. The number of hydrogen-bond acceptors (Lipinski definition) is 5. The second kappa shape index (κ2) is 7.72. The van der Waals surface area contributed by atoms with Crippen molar-refractivity contribution >= 4 is 38.8 Å².